The van der Waals surface area contributed by atoms with Gasteiger partial charge in [0.05, 0.1) is 24.4 Å². The highest BCUT2D eigenvalue weighted by Gasteiger charge is 2.35. The van der Waals surface area contributed by atoms with Crippen molar-refractivity contribution in [3.8, 4) is 16.9 Å². The number of hydrazone groups is 1. The zero-order valence-corrected chi connectivity index (χ0v) is 23.2. The largest absolute Gasteiger partial charge is 0.496 e. The van der Waals surface area contributed by atoms with Crippen LogP contribution in [0.15, 0.2) is 113 Å². The van der Waals surface area contributed by atoms with Crippen LogP contribution in [0.2, 0.25) is 5.02 Å². The molecule has 6 rings (SSSR count). The molecule has 1 atom stereocenters. The van der Waals surface area contributed by atoms with Gasteiger partial charge < -0.3 is 15.0 Å². The summed E-state index contributed by atoms with van der Waals surface area (Å²) in [4.78, 5) is 16.8. The lowest BCUT2D eigenvalue weighted by Gasteiger charge is -2.26. The monoisotopic (exact) mass is 564 g/mol. The van der Waals surface area contributed by atoms with Gasteiger partial charge in [-0.05, 0) is 54.2 Å². The number of H-pyrrole nitrogens is 1. The van der Waals surface area contributed by atoms with Gasteiger partial charge >= 0.3 is 0 Å². The van der Waals surface area contributed by atoms with E-state index in [1.807, 2.05) is 97.1 Å². The average molecular weight is 565 g/mol. The molecule has 2 N–H and O–H groups in total. The van der Waals surface area contributed by atoms with Crippen LogP contribution >= 0.6 is 23.8 Å². The maximum Gasteiger partial charge on any atom is 0.258 e. The molecule has 0 aliphatic carbocycles. The summed E-state index contributed by atoms with van der Waals surface area (Å²) in [6.07, 6.45) is 0.436. The summed E-state index contributed by atoms with van der Waals surface area (Å²) in [7, 11) is 1.64. The number of aromatic nitrogens is 1. The highest BCUT2D eigenvalue weighted by atomic mass is 35.5. The Morgan fingerprint density at radius 1 is 0.975 bits per heavy atom. The first kappa shape index (κ1) is 25.8. The second-order valence-electron chi connectivity index (χ2n) is 9.41. The summed E-state index contributed by atoms with van der Waals surface area (Å²) < 4.78 is 5.71. The van der Waals surface area contributed by atoms with Crippen molar-refractivity contribution in [2.45, 2.75) is 12.5 Å². The quantitative estimate of drug-likeness (QED) is 0.218. The molecule has 1 unspecified atom stereocenters. The molecule has 0 amide bonds. The zero-order valence-electron chi connectivity index (χ0n) is 21.6. The minimum Gasteiger partial charge on any atom is -0.496 e. The van der Waals surface area contributed by atoms with Crippen LogP contribution in [-0.2, 0) is 0 Å². The standard InChI is InChI=1S/C32H25ClN4O2S/c1-39-28-15-9-8-14-23(28)27-19-26(36-37(27)32(40)34-22-12-6-3-7-13-22)30-29(20-10-4-2-5-11-20)24-18-21(33)16-17-25(24)35-31(30)38/h2-18,27H,19H2,1H3,(H,34,40)(H,35,38). The number of nitrogens with one attached hydrogen (secondary N) is 2. The number of para-hydroxylation sites is 2. The third kappa shape index (κ3) is 4.85. The lowest BCUT2D eigenvalue weighted by molar-refractivity contribution is 0.350. The summed E-state index contributed by atoms with van der Waals surface area (Å²) in [6.45, 7) is 0. The van der Waals surface area contributed by atoms with Crippen molar-refractivity contribution in [1.29, 1.82) is 0 Å². The van der Waals surface area contributed by atoms with Crippen LogP contribution < -0.4 is 15.6 Å². The number of ether oxygens (including phenoxy) is 1. The van der Waals surface area contributed by atoms with Crippen molar-refractivity contribution in [2.24, 2.45) is 5.10 Å². The molecule has 0 bridgehead atoms. The van der Waals surface area contributed by atoms with Gasteiger partial charge in [-0.1, -0.05) is 78.3 Å². The predicted molar refractivity (Wildman–Crippen MR) is 166 cm³/mol. The van der Waals surface area contributed by atoms with Crippen LogP contribution in [0.3, 0.4) is 0 Å². The summed E-state index contributed by atoms with van der Waals surface area (Å²) in [5.41, 5.74) is 5.03. The average Bonchev–Trinajstić information content (AvgIpc) is 3.42. The van der Waals surface area contributed by atoms with Crippen molar-refractivity contribution in [3.63, 3.8) is 0 Å². The van der Waals surface area contributed by atoms with Gasteiger partial charge in [0.1, 0.15) is 5.75 Å². The molecule has 6 nitrogen and oxygen atoms in total. The van der Waals surface area contributed by atoms with E-state index < -0.39 is 0 Å². The SMILES string of the molecule is COc1ccccc1C1CC(c2c(-c3ccccc3)c3cc(Cl)ccc3[nH]c2=O)=NN1C(=S)Nc1ccccc1. The number of halogens is 1. The van der Waals surface area contributed by atoms with Crippen LogP contribution in [0.25, 0.3) is 22.0 Å². The van der Waals surface area contributed by atoms with E-state index in [4.69, 9.17) is 33.7 Å². The molecule has 198 valence electrons. The molecular weight excluding hydrogens is 540 g/mol. The van der Waals surface area contributed by atoms with Crippen LogP contribution in [-0.4, -0.2) is 27.9 Å². The van der Waals surface area contributed by atoms with E-state index in [1.54, 1.807) is 18.2 Å². The Morgan fingerprint density at radius 3 is 2.42 bits per heavy atom. The van der Waals surface area contributed by atoms with E-state index in [2.05, 4.69) is 10.3 Å². The van der Waals surface area contributed by atoms with Gasteiger partial charge in [-0.2, -0.15) is 5.10 Å². The number of benzene rings is 4. The molecule has 0 radical (unpaired) electrons. The topological polar surface area (TPSA) is 69.7 Å². The fraction of sp³-hybridized carbons (Fsp3) is 0.0938. The molecular formula is C32H25ClN4O2S. The molecule has 1 aromatic heterocycles. The third-order valence-corrected chi connectivity index (χ3v) is 7.49. The Labute approximate surface area is 241 Å². The molecule has 0 saturated carbocycles. The van der Waals surface area contributed by atoms with Gasteiger partial charge in [0, 0.05) is 39.2 Å². The number of anilines is 1. The first-order chi connectivity index (χ1) is 19.5. The van der Waals surface area contributed by atoms with E-state index in [9.17, 15) is 4.79 Å². The van der Waals surface area contributed by atoms with Crippen molar-refractivity contribution < 1.29 is 4.74 Å². The molecule has 40 heavy (non-hydrogen) atoms. The summed E-state index contributed by atoms with van der Waals surface area (Å²) in [5.74, 6) is 0.721. The maximum atomic E-state index is 13.8. The van der Waals surface area contributed by atoms with Crippen molar-refractivity contribution in [3.05, 3.63) is 130 Å². The number of rotatable bonds is 5. The number of pyridine rings is 1. The minimum absolute atomic E-state index is 0.227. The molecule has 5 aromatic rings. The van der Waals surface area contributed by atoms with E-state index in [0.29, 0.717) is 33.3 Å². The smallest absolute Gasteiger partial charge is 0.258 e. The molecule has 0 fully saturated rings. The molecule has 2 heterocycles. The van der Waals surface area contributed by atoms with Crippen molar-refractivity contribution in [1.82, 2.24) is 9.99 Å². The van der Waals surface area contributed by atoms with E-state index >= 15 is 0 Å². The van der Waals surface area contributed by atoms with E-state index in [1.165, 1.54) is 0 Å². The van der Waals surface area contributed by atoms with Crippen LogP contribution in [0.4, 0.5) is 5.69 Å². The molecule has 1 aliphatic heterocycles. The number of fused-ring (bicyclic) bond motifs is 1. The fourth-order valence-corrected chi connectivity index (χ4v) is 5.64. The Hall–Kier alpha value is -4.46. The van der Waals surface area contributed by atoms with Gasteiger partial charge in [-0.25, -0.2) is 5.01 Å². The molecule has 8 heteroatoms. The maximum absolute atomic E-state index is 13.8. The number of hydrogen-bond donors (Lipinski definition) is 2. The molecule has 0 spiro atoms. The lowest BCUT2D eigenvalue weighted by atomic mass is 9.91. The van der Waals surface area contributed by atoms with Gasteiger partial charge in [-0.15, -0.1) is 0 Å². The minimum atomic E-state index is -0.298. The first-order valence-corrected chi connectivity index (χ1v) is 13.6. The zero-order chi connectivity index (χ0) is 27.6. The van der Waals surface area contributed by atoms with E-state index in [0.717, 1.165) is 33.5 Å². The van der Waals surface area contributed by atoms with Gasteiger partial charge in [0.25, 0.3) is 5.56 Å². The highest BCUT2D eigenvalue weighted by Crippen LogP contribution is 2.40. The second kappa shape index (κ2) is 11.0. The molecule has 4 aromatic carbocycles. The van der Waals surface area contributed by atoms with Gasteiger partial charge in [0.15, 0.2) is 5.11 Å². The lowest BCUT2D eigenvalue weighted by Crippen LogP contribution is -2.31. The second-order valence-corrected chi connectivity index (χ2v) is 10.2. The number of hydrogen-bond acceptors (Lipinski definition) is 4. The summed E-state index contributed by atoms with van der Waals surface area (Å²) in [6, 6.07) is 32.5. The Morgan fingerprint density at radius 2 is 1.68 bits per heavy atom. The number of thiocarbonyl (C=S) groups is 1. The van der Waals surface area contributed by atoms with Crippen molar-refractivity contribution in [2.75, 3.05) is 12.4 Å². The predicted octanol–water partition coefficient (Wildman–Crippen LogP) is 7.41. The van der Waals surface area contributed by atoms with Crippen LogP contribution in [0.5, 0.6) is 5.75 Å². The molecule has 0 saturated heterocycles. The van der Waals surface area contributed by atoms with Gasteiger partial charge in [0.2, 0.25) is 0 Å². The summed E-state index contributed by atoms with van der Waals surface area (Å²) >= 11 is 12.3. The Balaban J connectivity index is 1.54. The fourth-order valence-electron chi connectivity index (χ4n) is 5.18. The van der Waals surface area contributed by atoms with Crippen molar-refractivity contribution >= 4 is 51.2 Å². The van der Waals surface area contributed by atoms with E-state index in [-0.39, 0.29) is 11.6 Å². The Kier molecular flexibility index (Phi) is 7.07. The number of aromatic amines is 1. The molecule has 1 aliphatic rings. The van der Waals surface area contributed by atoms with Crippen LogP contribution in [0, 0.1) is 0 Å². The Bertz CT molecular complexity index is 1810. The first-order valence-electron chi connectivity index (χ1n) is 12.8. The summed E-state index contributed by atoms with van der Waals surface area (Å²) in [5, 5.41) is 11.9. The van der Waals surface area contributed by atoms with Gasteiger partial charge in [-0.3, -0.25) is 4.79 Å². The number of nitrogens with zero attached hydrogens (tertiary/aromatic N) is 2. The highest BCUT2D eigenvalue weighted by molar-refractivity contribution is 7.80. The third-order valence-electron chi connectivity index (χ3n) is 6.97. The van der Waals surface area contributed by atoms with Crippen LogP contribution in [0.1, 0.15) is 23.6 Å². The normalized spacial score (nSPS) is 14.7. The number of methoxy groups -OCH3 is 1.